The predicted octanol–water partition coefficient (Wildman–Crippen LogP) is 11.8. The van der Waals surface area contributed by atoms with E-state index in [0.29, 0.717) is 0 Å². The van der Waals surface area contributed by atoms with Gasteiger partial charge < -0.3 is 13.7 Å². The molecule has 262 valence electrons. The second-order valence-corrected chi connectivity index (χ2v) is 18.0. The largest absolute Gasteiger partial charge is 0.309 e. The lowest BCUT2D eigenvalue weighted by molar-refractivity contribution is 0.592. The summed E-state index contributed by atoms with van der Waals surface area (Å²) in [6, 6.07) is 65.9. The maximum atomic E-state index is 15.4. The molecule has 10 aromatic rings. The first-order chi connectivity index (χ1) is 27.0. The second kappa shape index (κ2) is 11.8. The van der Waals surface area contributed by atoms with Crippen LogP contribution >= 0.6 is 7.14 Å². The average molecular weight is 725 g/mol. The van der Waals surface area contributed by atoms with Crippen LogP contribution in [0.4, 0.5) is 0 Å². The smallest absolute Gasteiger partial charge is 0.171 e. The fraction of sp³-hybridized carbons (Fsp3) is 0.0588. The molecule has 2 aromatic heterocycles. The number of para-hydroxylation sites is 3. The number of hydrogen-bond donors (Lipinski definition) is 0. The van der Waals surface area contributed by atoms with Gasteiger partial charge in [0.25, 0.3) is 0 Å². The SMILES string of the molecule is CC1(C)c2ccccc2-c2c1c1c3ccccc3n(-c3ccccc3)c1c1c3ccccc3n(-c3ccc(P(=O)(c4ccccc4)c4ccccc4)cc3)c21. The Labute approximate surface area is 320 Å². The summed E-state index contributed by atoms with van der Waals surface area (Å²) in [5.41, 5.74) is 12.0. The fourth-order valence-corrected chi connectivity index (χ4v) is 12.3. The summed E-state index contributed by atoms with van der Waals surface area (Å²) < 4.78 is 20.4. The van der Waals surface area contributed by atoms with Gasteiger partial charge in [0.2, 0.25) is 0 Å². The Morgan fingerprint density at radius 3 is 1.51 bits per heavy atom. The van der Waals surface area contributed by atoms with Crippen molar-refractivity contribution >= 4 is 66.7 Å². The lowest BCUT2D eigenvalue weighted by Gasteiger charge is -2.23. The van der Waals surface area contributed by atoms with Gasteiger partial charge in [-0.05, 0) is 65.2 Å². The van der Waals surface area contributed by atoms with Gasteiger partial charge in [-0.3, -0.25) is 0 Å². The minimum atomic E-state index is -3.15. The Balaban J connectivity index is 1.30. The average Bonchev–Trinajstić information content (AvgIpc) is 3.85. The van der Waals surface area contributed by atoms with Crippen LogP contribution in [-0.2, 0) is 9.98 Å². The Morgan fingerprint density at radius 1 is 0.436 bits per heavy atom. The summed E-state index contributed by atoms with van der Waals surface area (Å²) in [6.07, 6.45) is 0. The van der Waals surface area contributed by atoms with E-state index in [2.05, 4.69) is 150 Å². The first-order valence-electron chi connectivity index (χ1n) is 19.0. The van der Waals surface area contributed by atoms with E-state index < -0.39 is 7.14 Å². The van der Waals surface area contributed by atoms with Crippen LogP contribution in [0, 0.1) is 0 Å². The van der Waals surface area contributed by atoms with Crippen LogP contribution in [0.2, 0.25) is 0 Å². The molecule has 0 radical (unpaired) electrons. The van der Waals surface area contributed by atoms with Crippen LogP contribution < -0.4 is 15.9 Å². The summed E-state index contributed by atoms with van der Waals surface area (Å²) in [5.74, 6) is 0. The van der Waals surface area contributed by atoms with E-state index in [9.17, 15) is 0 Å². The van der Waals surface area contributed by atoms with Crippen molar-refractivity contribution < 1.29 is 4.57 Å². The molecule has 4 heteroatoms. The quantitative estimate of drug-likeness (QED) is 0.162. The molecule has 0 fully saturated rings. The zero-order valence-corrected chi connectivity index (χ0v) is 31.5. The standard InChI is InChI=1S/C51H37N2OP/c1-51(2)42-27-15-12-24-39(42)45-48(51)46-40-25-13-16-28-43(40)52(34-18-6-3-7-19-34)50(46)47-41-26-14-17-29-44(41)53(49(45)47)35-30-32-38(33-31-35)55(54,36-20-8-4-9-21-36)37-22-10-5-11-23-37/h3-33H,1-2H3. The molecule has 0 saturated heterocycles. The first-order valence-corrected chi connectivity index (χ1v) is 20.7. The highest BCUT2D eigenvalue weighted by Crippen LogP contribution is 2.58. The molecule has 2 heterocycles. The highest BCUT2D eigenvalue weighted by atomic mass is 31.2. The molecule has 0 amide bonds. The molecular weight excluding hydrogens is 688 g/mol. The van der Waals surface area contributed by atoms with Crippen LogP contribution in [0.5, 0.6) is 0 Å². The molecule has 3 nitrogen and oxygen atoms in total. The predicted molar refractivity (Wildman–Crippen MR) is 232 cm³/mol. The van der Waals surface area contributed by atoms with E-state index in [1.165, 1.54) is 60.3 Å². The highest BCUT2D eigenvalue weighted by molar-refractivity contribution is 7.85. The minimum Gasteiger partial charge on any atom is -0.309 e. The molecule has 8 aromatic carbocycles. The number of benzene rings is 8. The van der Waals surface area contributed by atoms with Crippen LogP contribution in [-0.4, -0.2) is 9.13 Å². The second-order valence-electron chi connectivity index (χ2n) is 15.2. The molecule has 55 heavy (non-hydrogen) atoms. The number of hydrogen-bond acceptors (Lipinski definition) is 1. The molecular formula is C51H37N2OP. The van der Waals surface area contributed by atoms with Gasteiger partial charge in [-0.1, -0.05) is 153 Å². The third kappa shape index (κ3) is 4.36. The Hall–Kier alpha value is -6.41. The van der Waals surface area contributed by atoms with E-state index in [1.54, 1.807) is 0 Å². The molecule has 1 aliphatic rings. The summed E-state index contributed by atoms with van der Waals surface area (Å²) in [7, 11) is -3.15. The summed E-state index contributed by atoms with van der Waals surface area (Å²) in [4.78, 5) is 0. The third-order valence-corrected chi connectivity index (χ3v) is 15.0. The van der Waals surface area contributed by atoms with E-state index in [0.717, 1.165) is 32.8 Å². The zero-order valence-electron chi connectivity index (χ0n) is 30.6. The Bertz CT molecular complexity index is 3130. The van der Waals surface area contributed by atoms with Gasteiger partial charge in [0, 0.05) is 59.8 Å². The van der Waals surface area contributed by atoms with Crippen molar-refractivity contribution in [2.24, 2.45) is 0 Å². The van der Waals surface area contributed by atoms with E-state index >= 15 is 4.57 Å². The number of aromatic nitrogens is 2. The van der Waals surface area contributed by atoms with E-state index in [1.807, 2.05) is 60.7 Å². The van der Waals surface area contributed by atoms with Crippen molar-refractivity contribution in [3.8, 4) is 22.5 Å². The van der Waals surface area contributed by atoms with Crippen LogP contribution in [0.3, 0.4) is 0 Å². The van der Waals surface area contributed by atoms with Crippen LogP contribution in [0.1, 0.15) is 25.0 Å². The van der Waals surface area contributed by atoms with Gasteiger partial charge in [0.15, 0.2) is 7.14 Å². The lowest BCUT2D eigenvalue weighted by atomic mass is 9.80. The third-order valence-electron chi connectivity index (χ3n) is 11.9. The summed E-state index contributed by atoms with van der Waals surface area (Å²) in [6.45, 7) is 4.79. The molecule has 0 bridgehead atoms. The van der Waals surface area contributed by atoms with Gasteiger partial charge >= 0.3 is 0 Å². The fourth-order valence-electron chi connectivity index (χ4n) is 9.61. The molecule has 0 spiro atoms. The molecule has 0 N–H and O–H groups in total. The molecule has 1 aliphatic carbocycles. The normalized spacial score (nSPS) is 13.5. The van der Waals surface area contributed by atoms with Gasteiger partial charge in [0.05, 0.1) is 22.1 Å². The van der Waals surface area contributed by atoms with Gasteiger partial charge in [0.1, 0.15) is 0 Å². The van der Waals surface area contributed by atoms with E-state index in [4.69, 9.17) is 0 Å². The number of nitrogens with zero attached hydrogens (tertiary/aromatic N) is 2. The van der Waals surface area contributed by atoms with Gasteiger partial charge in [-0.2, -0.15) is 0 Å². The highest BCUT2D eigenvalue weighted by Gasteiger charge is 2.41. The van der Waals surface area contributed by atoms with Crippen molar-refractivity contribution in [2.45, 2.75) is 19.3 Å². The summed E-state index contributed by atoms with van der Waals surface area (Å²) >= 11 is 0. The van der Waals surface area contributed by atoms with Crippen LogP contribution in [0.15, 0.2) is 188 Å². The maximum absolute atomic E-state index is 15.4. The topological polar surface area (TPSA) is 26.9 Å². The summed E-state index contributed by atoms with van der Waals surface area (Å²) in [5, 5.41) is 7.50. The van der Waals surface area contributed by atoms with Crippen molar-refractivity contribution in [1.82, 2.24) is 9.13 Å². The molecule has 0 aliphatic heterocycles. The minimum absolute atomic E-state index is 0.257. The molecule has 11 rings (SSSR count). The molecule has 0 saturated carbocycles. The first kappa shape index (κ1) is 32.1. The number of rotatable bonds is 5. The van der Waals surface area contributed by atoms with Crippen LogP contribution in [0.25, 0.3) is 66.1 Å². The van der Waals surface area contributed by atoms with Crippen molar-refractivity contribution in [1.29, 1.82) is 0 Å². The molecule has 0 atom stereocenters. The monoisotopic (exact) mass is 724 g/mol. The van der Waals surface area contributed by atoms with E-state index in [-0.39, 0.29) is 5.41 Å². The molecule has 0 unspecified atom stereocenters. The lowest BCUT2D eigenvalue weighted by Crippen LogP contribution is -2.25. The van der Waals surface area contributed by atoms with Gasteiger partial charge in [-0.25, -0.2) is 0 Å². The van der Waals surface area contributed by atoms with Crippen molar-refractivity contribution in [2.75, 3.05) is 0 Å². The van der Waals surface area contributed by atoms with Crippen molar-refractivity contribution in [3.63, 3.8) is 0 Å². The zero-order chi connectivity index (χ0) is 36.9. The Kier molecular flexibility index (Phi) is 6.87. The van der Waals surface area contributed by atoms with Gasteiger partial charge in [-0.15, -0.1) is 0 Å². The Morgan fingerprint density at radius 2 is 0.891 bits per heavy atom. The number of fused-ring (bicyclic) bond motifs is 12. The van der Waals surface area contributed by atoms with Crippen molar-refractivity contribution in [3.05, 3.63) is 199 Å². The maximum Gasteiger partial charge on any atom is 0.171 e.